The van der Waals surface area contributed by atoms with Crippen molar-refractivity contribution >= 4 is 50.9 Å². The van der Waals surface area contributed by atoms with Crippen LogP contribution in [0.3, 0.4) is 0 Å². The van der Waals surface area contributed by atoms with E-state index in [4.69, 9.17) is 16.3 Å². The first-order chi connectivity index (χ1) is 17.1. The zero-order valence-corrected chi connectivity index (χ0v) is 22.7. The van der Waals surface area contributed by atoms with Gasteiger partial charge in [0.1, 0.15) is 11.6 Å². The number of fused-ring (bicyclic) bond motifs is 1. The SMILES string of the molecule is C=CCN(C)C(=O)[C@H]1[C@H]2C(=O)N(CCO)C(C(=O)N(CC=C)c3c(C)cccc3Cl)C23CC(Br)[C@@H]1O3. The number of hydrogen-bond acceptors (Lipinski definition) is 5. The molecule has 3 amide bonds. The van der Waals surface area contributed by atoms with Gasteiger partial charge in [0, 0.05) is 31.5 Å². The summed E-state index contributed by atoms with van der Waals surface area (Å²) in [7, 11) is 1.66. The van der Waals surface area contributed by atoms with E-state index in [9.17, 15) is 19.5 Å². The fraction of sp³-hybridized carbons (Fsp3) is 0.500. The highest BCUT2D eigenvalue weighted by Crippen LogP contribution is 2.60. The highest BCUT2D eigenvalue weighted by atomic mass is 79.9. The van der Waals surface area contributed by atoms with E-state index < -0.39 is 29.6 Å². The quantitative estimate of drug-likeness (QED) is 0.358. The third kappa shape index (κ3) is 4.00. The number of benzene rings is 1. The van der Waals surface area contributed by atoms with E-state index in [-0.39, 0.29) is 42.2 Å². The Morgan fingerprint density at radius 2 is 2.00 bits per heavy atom. The molecule has 1 N–H and O–H groups in total. The van der Waals surface area contributed by atoms with Crippen LogP contribution in [0.15, 0.2) is 43.5 Å². The number of anilines is 1. The number of rotatable bonds is 9. The molecule has 3 aliphatic rings. The molecule has 0 saturated carbocycles. The van der Waals surface area contributed by atoms with E-state index in [1.165, 1.54) is 14.7 Å². The van der Waals surface area contributed by atoms with Crippen LogP contribution in [0.25, 0.3) is 0 Å². The number of para-hydroxylation sites is 1. The van der Waals surface area contributed by atoms with Gasteiger partial charge in [-0.2, -0.15) is 0 Å². The van der Waals surface area contributed by atoms with Crippen LogP contribution in [-0.2, 0) is 19.1 Å². The number of β-amino-alcohol motifs (C(OH)–C–C–N with tert-alkyl or cyclic N) is 1. The number of amides is 3. The predicted molar refractivity (Wildman–Crippen MR) is 141 cm³/mol. The van der Waals surface area contributed by atoms with Gasteiger partial charge in [-0.3, -0.25) is 14.4 Å². The number of nitrogens with zero attached hydrogens (tertiary/aromatic N) is 3. The smallest absolute Gasteiger partial charge is 0.253 e. The number of likely N-dealkylation sites (tertiary alicyclic amines) is 1. The molecular weight excluding hydrogens is 550 g/mol. The second kappa shape index (κ2) is 10.3. The highest BCUT2D eigenvalue weighted by Gasteiger charge is 2.76. The number of ether oxygens (including phenoxy) is 1. The number of aliphatic hydroxyl groups is 1. The summed E-state index contributed by atoms with van der Waals surface area (Å²) in [4.78, 5) is 45.9. The molecule has 1 aromatic carbocycles. The summed E-state index contributed by atoms with van der Waals surface area (Å²) in [6.07, 6.45) is 3.04. The Morgan fingerprint density at radius 3 is 2.61 bits per heavy atom. The van der Waals surface area contributed by atoms with Crippen LogP contribution in [0.5, 0.6) is 0 Å². The van der Waals surface area contributed by atoms with Crippen LogP contribution in [-0.4, -0.2) is 88.5 Å². The van der Waals surface area contributed by atoms with E-state index in [0.29, 0.717) is 23.7 Å². The van der Waals surface area contributed by atoms with Crippen LogP contribution >= 0.6 is 27.5 Å². The molecule has 3 fully saturated rings. The van der Waals surface area contributed by atoms with E-state index in [1.54, 1.807) is 31.3 Å². The monoisotopic (exact) mass is 579 g/mol. The molecule has 0 aromatic heterocycles. The third-order valence-corrected chi connectivity index (χ3v) is 8.61. The standard InChI is InChI=1S/C26H31BrClN3O5/c1-5-10-29(4)23(33)18-19-24(34)31(12-13-32)22(26(19)14-16(27)21(18)36-26)25(35)30(11-6-2)20-15(3)8-7-9-17(20)28/h5-9,16,18-19,21-22,32H,1-2,10-14H2,3-4H3/t16?,18-,19-,21-,22?,26?/m0/s1. The molecule has 8 nitrogen and oxygen atoms in total. The Hall–Kier alpha value is -2.20. The number of halogens is 2. The summed E-state index contributed by atoms with van der Waals surface area (Å²) >= 11 is 10.2. The van der Waals surface area contributed by atoms with Crippen molar-refractivity contribution in [3.63, 3.8) is 0 Å². The maximum atomic E-state index is 14.4. The van der Waals surface area contributed by atoms with Gasteiger partial charge in [-0.25, -0.2) is 0 Å². The molecule has 3 aliphatic heterocycles. The molecule has 6 atom stereocenters. The van der Waals surface area contributed by atoms with Gasteiger partial charge in [-0.1, -0.05) is 51.8 Å². The lowest BCUT2D eigenvalue weighted by Crippen LogP contribution is -2.57. The molecule has 1 aromatic rings. The van der Waals surface area contributed by atoms with Crippen molar-refractivity contribution in [2.45, 2.75) is 35.9 Å². The molecular formula is C26H31BrClN3O5. The number of carbonyl (C=O) groups excluding carboxylic acids is 3. The summed E-state index contributed by atoms with van der Waals surface area (Å²) in [6, 6.07) is 4.32. The van der Waals surface area contributed by atoms with Crippen molar-refractivity contribution in [2.24, 2.45) is 11.8 Å². The minimum atomic E-state index is -1.22. The van der Waals surface area contributed by atoms with Gasteiger partial charge < -0.3 is 24.5 Å². The maximum absolute atomic E-state index is 14.4. The molecule has 2 bridgehead atoms. The lowest BCUT2D eigenvalue weighted by molar-refractivity contribution is -0.144. The first-order valence-electron chi connectivity index (χ1n) is 11.9. The molecule has 36 heavy (non-hydrogen) atoms. The van der Waals surface area contributed by atoms with E-state index in [0.717, 1.165) is 5.56 Å². The lowest BCUT2D eigenvalue weighted by Gasteiger charge is -2.37. The largest absolute Gasteiger partial charge is 0.395 e. The fourth-order valence-electron chi connectivity index (χ4n) is 6.11. The molecule has 194 valence electrons. The van der Waals surface area contributed by atoms with Crippen LogP contribution in [0.2, 0.25) is 5.02 Å². The van der Waals surface area contributed by atoms with Gasteiger partial charge in [0.25, 0.3) is 5.91 Å². The average Bonchev–Trinajstić information content (AvgIpc) is 3.41. The first kappa shape index (κ1) is 26.9. The van der Waals surface area contributed by atoms with Crippen LogP contribution < -0.4 is 4.90 Å². The molecule has 1 spiro atoms. The number of aliphatic hydroxyl groups excluding tert-OH is 1. The first-order valence-corrected chi connectivity index (χ1v) is 13.2. The number of alkyl halides is 1. The fourth-order valence-corrected chi connectivity index (χ4v) is 7.38. The maximum Gasteiger partial charge on any atom is 0.253 e. The van der Waals surface area contributed by atoms with Gasteiger partial charge >= 0.3 is 0 Å². The van der Waals surface area contributed by atoms with Crippen LogP contribution in [0, 0.1) is 18.8 Å². The second-order valence-electron chi connectivity index (χ2n) is 9.57. The van der Waals surface area contributed by atoms with Crippen molar-refractivity contribution in [3.05, 3.63) is 54.1 Å². The highest BCUT2D eigenvalue weighted by molar-refractivity contribution is 9.09. The van der Waals surface area contributed by atoms with E-state index in [1.807, 2.05) is 13.0 Å². The Labute approximate surface area is 224 Å². The number of likely N-dealkylation sites (N-methyl/N-ethyl adjacent to an activating group) is 1. The summed E-state index contributed by atoms with van der Waals surface area (Å²) in [5.41, 5.74) is 0.104. The third-order valence-electron chi connectivity index (χ3n) is 7.46. The lowest BCUT2D eigenvalue weighted by atomic mass is 9.70. The van der Waals surface area contributed by atoms with Crippen molar-refractivity contribution in [1.82, 2.24) is 9.80 Å². The molecule has 3 heterocycles. The molecule has 10 heteroatoms. The van der Waals surface area contributed by atoms with Crippen LogP contribution in [0.4, 0.5) is 5.69 Å². The Kier molecular flexibility index (Phi) is 7.67. The molecule has 4 rings (SSSR count). The van der Waals surface area contributed by atoms with Gasteiger partial charge in [-0.05, 0) is 25.0 Å². The Bertz CT molecular complexity index is 1080. The van der Waals surface area contributed by atoms with Crippen LogP contribution in [0.1, 0.15) is 12.0 Å². The Balaban J connectivity index is 1.82. The molecule has 3 saturated heterocycles. The zero-order chi connectivity index (χ0) is 26.4. The number of carbonyl (C=O) groups is 3. The minimum absolute atomic E-state index is 0.0543. The number of aryl methyl sites for hydroxylation is 1. The minimum Gasteiger partial charge on any atom is -0.395 e. The van der Waals surface area contributed by atoms with E-state index >= 15 is 0 Å². The van der Waals surface area contributed by atoms with Crippen molar-refractivity contribution < 1.29 is 24.2 Å². The second-order valence-corrected chi connectivity index (χ2v) is 11.2. The summed E-state index contributed by atoms with van der Waals surface area (Å²) in [6.45, 7) is 9.46. The normalized spacial score (nSPS) is 30.3. The van der Waals surface area contributed by atoms with Crippen molar-refractivity contribution in [2.75, 3.05) is 38.2 Å². The van der Waals surface area contributed by atoms with Gasteiger partial charge in [0.05, 0.1) is 35.3 Å². The molecule has 0 aliphatic carbocycles. The van der Waals surface area contributed by atoms with Gasteiger partial charge in [-0.15, -0.1) is 13.2 Å². The van der Waals surface area contributed by atoms with Gasteiger partial charge in [0.2, 0.25) is 11.8 Å². The van der Waals surface area contributed by atoms with Gasteiger partial charge in [0.15, 0.2) is 0 Å². The summed E-state index contributed by atoms with van der Waals surface area (Å²) in [5.74, 6) is -2.57. The topological polar surface area (TPSA) is 90.4 Å². The average molecular weight is 581 g/mol. The summed E-state index contributed by atoms with van der Waals surface area (Å²) < 4.78 is 6.49. The van der Waals surface area contributed by atoms with Crippen molar-refractivity contribution in [1.29, 1.82) is 0 Å². The zero-order valence-electron chi connectivity index (χ0n) is 20.4. The van der Waals surface area contributed by atoms with E-state index in [2.05, 4.69) is 29.1 Å². The molecule has 0 radical (unpaired) electrons. The predicted octanol–water partition coefficient (Wildman–Crippen LogP) is 2.55. The number of hydrogen-bond donors (Lipinski definition) is 1. The van der Waals surface area contributed by atoms with Crippen molar-refractivity contribution in [3.8, 4) is 0 Å². The summed E-state index contributed by atoms with van der Waals surface area (Å²) in [5, 5.41) is 10.2. The molecule has 3 unspecified atom stereocenters. The Morgan fingerprint density at radius 1 is 1.31 bits per heavy atom.